The molecule has 1 rings (SSSR count). The lowest BCUT2D eigenvalue weighted by atomic mass is 9.95. The van der Waals surface area contributed by atoms with Gasteiger partial charge >= 0.3 is 0 Å². The number of benzene rings is 1. The second-order valence-electron chi connectivity index (χ2n) is 4.07. The molecule has 0 aromatic heterocycles. The normalized spacial score (nSPS) is 14.8. The molecular formula is C12H17F2NO. The molecule has 0 aliphatic carbocycles. The number of halogens is 2. The zero-order chi connectivity index (χ0) is 12.2. The minimum Gasteiger partial charge on any atom is -0.384 e. The molecule has 0 aliphatic rings. The molecule has 0 amide bonds. The quantitative estimate of drug-likeness (QED) is 0.758. The Morgan fingerprint density at radius 2 is 2.06 bits per heavy atom. The van der Waals surface area contributed by atoms with Crippen molar-refractivity contribution in [2.24, 2.45) is 0 Å². The zero-order valence-electron chi connectivity index (χ0n) is 9.56. The van der Waals surface area contributed by atoms with Crippen LogP contribution in [0.5, 0.6) is 0 Å². The minimum absolute atomic E-state index is 0.109. The number of rotatable bonds is 5. The van der Waals surface area contributed by atoms with Gasteiger partial charge in [0, 0.05) is 18.2 Å². The van der Waals surface area contributed by atoms with Gasteiger partial charge in [-0.1, -0.05) is 13.0 Å². The smallest absolute Gasteiger partial charge is 0.132 e. The van der Waals surface area contributed by atoms with Crippen LogP contribution in [-0.4, -0.2) is 18.2 Å². The van der Waals surface area contributed by atoms with E-state index in [2.05, 4.69) is 5.32 Å². The summed E-state index contributed by atoms with van der Waals surface area (Å²) in [4.78, 5) is 0. The molecule has 1 atom stereocenters. The largest absolute Gasteiger partial charge is 0.384 e. The van der Waals surface area contributed by atoms with Crippen LogP contribution in [0, 0.1) is 11.6 Å². The molecule has 16 heavy (non-hydrogen) atoms. The molecule has 0 fully saturated rings. The van der Waals surface area contributed by atoms with Crippen LogP contribution in [0.2, 0.25) is 0 Å². The minimum atomic E-state index is -1.33. The highest BCUT2D eigenvalue weighted by molar-refractivity contribution is 5.24. The van der Waals surface area contributed by atoms with Gasteiger partial charge in [0.1, 0.15) is 17.2 Å². The third-order valence-corrected chi connectivity index (χ3v) is 2.41. The van der Waals surface area contributed by atoms with E-state index in [0.717, 1.165) is 25.1 Å². The Hall–Kier alpha value is -1.00. The Kier molecular flexibility index (Phi) is 4.38. The fraction of sp³-hybridized carbons (Fsp3) is 0.500. The van der Waals surface area contributed by atoms with Gasteiger partial charge < -0.3 is 10.4 Å². The van der Waals surface area contributed by atoms with Crippen LogP contribution in [0.4, 0.5) is 8.78 Å². The van der Waals surface area contributed by atoms with Gasteiger partial charge in [-0.3, -0.25) is 0 Å². The van der Waals surface area contributed by atoms with Gasteiger partial charge in [-0.2, -0.15) is 0 Å². The fourth-order valence-electron chi connectivity index (χ4n) is 1.53. The van der Waals surface area contributed by atoms with Crippen molar-refractivity contribution in [3.63, 3.8) is 0 Å². The molecule has 1 aromatic carbocycles. The second kappa shape index (κ2) is 5.37. The summed E-state index contributed by atoms with van der Waals surface area (Å²) in [6.07, 6.45) is 0.933. The van der Waals surface area contributed by atoms with Gasteiger partial charge in [0.05, 0.1) is 0 Å². The zero-order valence-corrected chi connectivity index (χ0v) is 9.56. The van der Waals surface area contributed by atoms with Crippen molar-refractivity contribution in [3.05, 3.63) is 35.4 Å². The van der Waals surface area contributed by atoms with Crippen molar-refractivity contribution in [2.75, 3.05) is 13.1 Å². The maximum Gasteiger partial charge on any atom is 0.132 e. The van der Waals surface area contributed by atoms with E-state index in [0.29, 0.717) is 0 Å². The lowest BCUT2D eigenvalue weighted by Gasteiger charge is -2.24. The number of aliphatic hydroxyl groups is 1. The fourth-order valence-corrected chi connectivity index (χ4v) is 1.53. The highest BCUT2D eigenvalue weighted by Crippen LogP contribution is 2.23. The second-order valence-corrected chi connectivity index (χ2v) is 4.07. The maximum absolute atomic E-state index is 13.4. The van der Waals surface area contributed by atoms with Crippen LogP contribution in [0.15, 0.2) is 18.2 Å². The molecule has 1 unspecified atom stereocenters. The van der Waals surface area contributed by atoms with E-state index < -0.39 is 17.2 Å². The van der Waals surface area contributed by atoms with Crippen LogP contribution < -0.4 is 5.32 Å². The molecule has 0 aliphatic heterocycles. The SMILES string of the molecule is CCCNCC(C)(O)c1ccc(F)cc1F. The molecule has 0 radical (unpaired) electrons. The Morgan fingerprint density at radius 1 is 1.38 bits per heavy atom. The van der Waals surface area contributed by atoms with Crippen LogP contribution in [0.3, 0.4) is 0 Å². The Balaban J connectivity index is 2.80. The number of hydrogen-bond donors (Lipinski definition) is 2. The molecule has 2 nitrogen and oxygen atoms in total. The summed E-state index contributed by atoms with van der Waals surface area (Å²) in [7, 11) is 0. The summed E-state index contributed by atoms with van der Waals surface area (Å²) >= 11 is 0. The molecule has 0 bridgehead atoms. The summed E-state index contributed by atoms with van der Waals surface area (Å²) in [5.41, 5.74) is -1.22. The van der Waals surface area contributed by atoms with E-state index in [1.807, 2.05) is 6.92 Å². The monoisotopic (exact) mass is 229 g/mol. The topological polar surface area (TPSA) is 32.3 Å². The van der Waals surface area contributed by atoms with E-state index in [9.17, 15) is 13.9 Å². The summed E-state index contributed by atoms with van der Waals surface area (Å²) in [5, 5.41) is 13.1. The molecule has 0 spiro atoms. The standard InChI is InChI=1S/C12H17F2NO/c1-3-6-15-8-12(2,16)10-5-4-9(13)7-11(10)14/h4-5,7,15-16H,3,6,8H2,1-2H3. The predicted molar refractivity (Wildman–Crippen MR) is 59.1 cm³/mol. The Bertz CT molecular complexity index is 353. The molecule has 4 heteroatoms. The molecule has 0 saturated carbocycles. The predicted octanol–water partition coefficient (Wildman–Crippen LogP) is 2.17. The van der Waals surface area contributed by atoms with Crippen LogP contribution in [-0.2, 0) is 5.60 Å². The first-order chi connectivity index (χ1) is 7.47. The first-order valence-corrected chi connectivity index (χ1v) is 5.36. The lowest BCUT2D eigenvalue weighted by Crippen LogP contribution is -2.36. The first kappa shape index (κ1) is 13.1. The van der Waals surface area contributed by atoms with Gasteiger partial charge in [0.2, 0.25) is 0 Å². The van der Waals surface area contributed by atoms with Gasteiger partial charge in [-0.15, -0.1) is 0 Å². The van der Waals surface area contributed by atoms with Crippen molar-refractivity contribution in [1.29, 1.82) is 0 Å². The molecule has 2 N–H and O–H groups in total. The lowest BCUT2D eigenvalue weighted by molar-refractivity contribution is 0.0534. The third-order valence-electron chi connectivity index (χ3n) is 2.41. The van der Waals surface area contributed by atoms with Crippen LogP contribution in [0.1, 0.15) is 25.8 Å². The van der Waals surface area contributed by atoms with Crippen LogP contribution in [0.25, 0.3) is 0 Å². The summed E-state index contributed by atoms with van der Waals surface area (Å²) in [6, 6.07) is 3.20. The van der Waals surface area contributed by atoms with Crippen molar-refractivity contribution in [3.8, 4) is 0 Å². The molecule has 0 saturated heterocycles. The van der Waals surface area contributed by atoms with Crippen molar-refractivity contribution >= 4 is 0 Å². The van der Waals surface area contributed by atoms with E-state index in [4.69, 9.17) is 0 Å². The number of hydrogen-bond acceptors (Lipinski definition) is 2. The summed E-state index contributed by atoms with van der Waals surface area (Å²) < 4.78 is 26.1. The molecular weight excluding hydrogens is 212 g/mol. The van der Waals surface area contributed by atoms with Gasteiger partial charge in [-0.25, -0.2) is 8.78 Å². The van der Waals surface area contributed by atoms with E-state index >= 15 is 0 Å². The van der Waals surface area contributed by atoms with Crippen LogP contribution >= 0.6 is 0 Å². The van der Waals surface area contributed by atoms with Gasteiger partial charge in [0.25, 0.3) is 0 Å². The third kappa shape index (κ3) is 3.25. The van der Waals surface area contributed by atoms with E-state index in [1.165, 1.54) is 13.0 Å². The molecule has 1 aromatic rings. The van der Waals surface area contributed by atoms with Gasteiger partial charge in [0.15, 0.2) is 0 Å². The van der Waals surface area contributed by atoms with E-state index in [1.54, 1.807) is 0 Å². The highest BCUT2D eigenvalue weighted by atomic mass is 19.1. The molecule has 90 valence electrons. The summed E-state index contributed by atoms with van der Waals surface area (Å²) in [6.45, 7) is 4.49. The van der Waals surface area contributed by atoms with Crippen molar-refractivity contribution in [2.45, 2.75) is 25.9 Å². The first-order valence-electron chi connectivity index (χ1n) is 5.36. The Labute approximate surface area is 94.3 Å². The average molecular weight is 229 g/mol. The van der Waals surface area contributed by atoms with Crippen molar-refractivity contribution < 1.29 is 13.9 Å². The van der Waals surface area contributed by atoms with Gasteiger partial charge in [-0.05, 0) is 26.0 Å². The summed E-state index contributed by atoms with van der Waals surface area (Å²) in [5.74, 6) is -1.36. The van der Waals surface area contributed by atoms with Crippen molar-refractivity contribution in [1.82, 2.24) is 5.32 Å². The highest BCUT2D eigenvalue weighted by Gasteiger charge is 2.26. The Morgan fingerprint density at radius 3 is 2.62 bits per heavy atom. The maximum atomic E-state index is 13.4. The molecule has 0 heterocycles. The average Bonchev–Trinajstić information content (AvgIpc) is 2.17. The number of nitrogens with one attached hydrogen (secondary N) is 1. The van der Waals surface area contributed by atoms with E-state index in [-0.39, 0.29) is 12.1 Å².